The number of hydrogen-bond acceptors (Lipinski definition) is 6. The van der Waals surface area contributed by atoms with Gasteiger partial charge in [-0.3, -0.25) is 9.68 Å². The van der Waals surface area contributed by atoms with Crippen molar-refractivity contribution in [2.75, 3.05) is 0 Å². The van der Waals surface area contributed by atoms with E-state index in [4.69, 9.17) is 9.68 Å². The zero-order valence-electron chi connectivity index (χ0n) is 26.4. The Hall–Kier alpha value is -3.78. The summed E-state index contributed by atoms with van der Waals surface area (Å²) in [5.41, 5.74) is 9.62. The fraction of sp³-hybridized carbons (Fsp3) is 0.211. The Morgan fingerprint density at radius 1 is 0.422 bits per heavy atom. The number of benzene rings is 4. The number of hydrogen-bond donors (Lipinski definition) is 0. The first-order valence-corrected chi connectivity index (χ1v) is 15.1. The molecule has 2 heterocycles. The van der Waals surface area contributed by atoms with Gasteiger partial charge < -0.3 is 19.9 Å². The second-order valence-electron chi connectivity index (χ2n) is 11.0. The van der Waals surface area contributed by atoms with E-state index in [0.717, 1.165) is 24.5 Å². The van der Waals surface area contributed by atoms with E-state index in [9.17, 15) is 0 Å². The zero-order valence-corrected chi connectivity index (χ0v) is 27.9. The largest absolute Gasteiger partial charge is 1.00 e. The standard InChI is InChI=1S/2C19H21N2O.Ag/c2*1-16-17(2)21(22-14-19-11-7-4-8-12-19)15-20(16)13-18-9-5-3-6-10-18;/h2*3-12,15H,13-14H2,1-2H3;/q2*-1;+1. The Labute approximate surface area is 284 Å². The van der Waals surface area contributed by atoms with Crippen LogP contribution in [0.5, 0.6) is 0 Å². The fourth-order valence-electron chi connectivity index (χ4n) is 4.91. The minimum Gasteiger partial charge on any atom is -0.500 e. The molecule has 0 bridgehead atoms. The first kappa shape index (κ1) is 34.1. The monoisotopic (exact) mass is 693 g/mol. The summed E-state index contributed by atoms with van der Waals surface area (Å²) in [6.45, 7) is 15.3. The first-order chi connectivity index (χ1) is 21.5. The fourth-order valence-corrected chi connectivity index (χ4v) is 4.91. The second kappa shape index (κ2) is 17.1. The SMILES string of the molecule is CC1=C(C)N(OCc2ccccc2)[CH-]N1Cc1ccccc1.CC1=C(C)N(OCc2ccccc2)[CH-]N1Cc1ccccc1.[Ag+]. The van der Waals surface area contributed by atoms with Gasteiger partial charge in [-0.1, -0.05) is 121 Å². The molecule has 4 aromatic rings. The van der Waals surface area contributed by atoms with Crippen molar-refractivity contribution in [2.45, 2.75) is 54.0 Å². The molecule has 2 aliphatic rings. The molecule has 0 amide bonds. The molecule has 0 aromatic heterocycles. The van der Waals surface area contributed by atoms with E-state index in [1.165, 1.54) is 33.6 Å². The van der Waals surface area contributed by atoms with Crippen LogP contribution in [0.4, 0.5) is 0 Å². The number of hydroxylamine groups is 4. The van der Waals surface area contributed by atoms with Crippen LogP contribution in [0.25, 0.3) is 0 Å². The van der Waals surface area contributed by atoms with Gasteiger partial charge in [-0.15, -0.1) is 13.3 Å². The van der Waals surface area contributed by atoms with Crippen LogP contribution in [0.15, 0.2) is 144 Å². The van der Waals surface area contributed by atoms with Crippen molar-refractivity contribution < 1.29 is 32.1 Å². The van der Waals surface area contributed by atoms with Crippen molar-refractivity contribution in [3.05, 3.63) is 180 Å². The Morgan fingerprint density at radius 2 is 0.711 bits per heavy atom. The van der Waals surface area contributed by atoms with Gasteiger partial charge in [0.15, 0.2) is 0 Å². The van der Waals surface area contributed by atoms with E-state index in [-0.39, 0.29) is 22.4 Å². The number of allylic oxidation sites excluding steroid dienone is 4. The van der Waals surface area contributed by atoms with Crippen molar-refractivity contribution in [1.29, 1.82) is 0 Å². The molecule has 0 unspecified atom stereocenters. The summed E-state index contributed by atoms with van der Waals surface area (Å²) in [5, 5.41) is 3.73. The molecule has 6 rings (SSSR count). The summed E-state index contributed by atoms with van der Waals surface area (Å²) < 4.78 is 0. The topological polar surface area (TPSA) is 31.4 Å². The summed E-state index contributed by atoms with van der Waals surface area (Å²) in [6, 6.07) is 41.4. The predicted molar refractivity (Wildman–Crippen MR) is 175 cm³/mol. The van der Waals surface area contributed by atoms with Crippen molar-refractivity contribution >= 4 is 0 Å². The Balaban J connectivity index is 0.000000200. The van der Waals surface area contributed by atoms with Crippen LogP contribution in [-0.4, -0.2) is 19.9 Å². The Morgan fingerprint density at radius 3 is 1.02 bits per heavy atom. The minimum atomic E-state index is 0. The molecule has 0 aliphatic carbocycles. The third-order valence-electron chi connectivity index (χ3n) is 7.88. The molecule has 45 heavy (non-hydrogen) atoms. The quantitative estimate of drug-likeness (QED) is 0.122. The molecule has 7 heteroatoms. The summed E-state index contributed by atoms with van der Waals surface area (Å²) in [5.74, 6) is 0. The molecule has 0 atom stereocenters. The molecular formula is C38H42AgN4O2-. The maximum atomic E-state index is 5.92. The van der Waals surface area contributed by atoms with Gasteiger partial charge in [0.2, 0.25) is 0 Å². The third kappa shape index (κ3) is 9.60. The van der Waals surface area contributed by atoms with Crippen LogP contribution < -0.4 is 0 Å². The summed E-state index contributed by atoms with van der Waals surface area (Å²) in [6.07, 6.45) is 0. The van der Waals surface area contributed by atoms with Crippen LogP contribution in [0.2, 0.25) is 0 Å². The van der Waals surface area contributed by atoms with Crippen molar-refractivity contribution in [2.24, 2.45) is 0 Å². The van der Waals surface area contributed by atoms with Gasteiger partial charge in [-0.25, -0.2) is 0 Å². The average molecular weight is 695 g/mol. The number of nitrogens with zero attached hydrogens (tertiary/aromatic N) is 4. The van der Waals surface area contributed by atoms with Gasteiger partial charge in [0, 0.05) is 35.9 Å². The van der Waals surface area contributed by atoms with Crippen LogP contribution in [0.1, 0.15) is 49.9 Å². The molecule has 0 N–H and O–H groups in total. The maximum Gasteiger partial charge on any atom is 1.00 e. The van der Waals surface area contributed by atoms with E-state index in [1.54, 1.807) is 0 Å². The molecule has 0 fully saturated rings. The van der Waals surface area contributed by atoms with Crippen LogP contribution in [0.3, 0.4) is 0 Å². The smallest absolute Gasteiger partial charge is 0.500 e. The van der Waals surface area contributed by atoms with Gasteiger partial charge >= 0.3 is 22.4 Å². The maximum absolute atomic E-state index is 5.92. The van der Waals surface area contributed by atoms with Crippen molar-refractivity contribution in [3.8, 4) is 0 Å². The summed E-state index contributed by atoms with van der Waals surface area (Å²) in [4.78, 5) is 16.3. The molecule has 0 saturated carbocycles. The first-order valence-electron chi connectivity index (χ1n) is 15.1. The molecule has 0 saturated heterocycles. The van der Waals surface area contributed by atoms with E-state index in [2.05, 4.69) is 110 Å². The van der Waals surface area contributed by atoms with Gasteiger partial charge in [0.25, 0.3) is 0 Å². The van der Waals surface area contributed by atoms with E-state index in [1.807, 2.05) is 72.0 Å². The van der Waals surface area contributed by atoms with Gasteiger partial charge in [0.1, 0.15) is 0 Å². The van der Waals surface area contributed by atoms with Gasteiger partial charge in [-0.2, -0.15) is 0 Å². The van der Waals surface area contributed by atoms with Crippen molar-refractivity contribution in [1.82, 2.24) is 19.9 Å². The second-order valence-corrected chi connectivity index (χ2v) is 11.0. The predicted octanol–water partition coefficient (Wildman–Crippen LogP) is 8.61. The van der Waals surface area contributed by atoms with E-state index < -0.39 is 0 Å². The molecule has 6 nitrogen and oxygen atoms in total. The molecule has 4 aromatic carbocycles. The van der Waals surface area contributed by atoms with Crippen LogP contribution in [-0.2, 0) is 58.4 Å². The summed E-state index contributed by atoms with van der Waals surface area (Å²) in [7, 11) is 0. The summed E-state index contributed by atoms with van der Waals surface area (Å²) >= 11 is 0. The normalized spacial score (nSPS) is 14.5. The molecular weight excluding hydrogens is 652 g/mol. The Bertz CT molecular complexity index is 1400. The van der Waals surface area contributed by atoms with Crippen LogP contribution in [0, 0.1) is 13.3 Å². The van der Waals surface area contributed by atoms with E-state index in [0.29, 0.717) is 13.2 Å². The van der Waals surface area contributed by atoms with E-state index >= 15 is 0 Å². The average Bonchev–Trinajstić information content (AvgIpc) is 3.49. The zero-order chi connectivity index (χ0) is 30.7. The molecule has 0 spiro atoms. The Kier molecular flexibility index (Phi) is 12.9. The van der Waals surface area contributed by atoms with Gasteiger partial charge in [-0.05, 0) is 49.9 Å². The molecule has 2 aliphatic heterocycles. The minimum absolute atomic E-state index is 0. The van der Waals surface area contributed by atoms with Crippen LogP contribution >= 0.6 is 0 Å². The number of rotatable bonds is 10. The molecule has 238 valence electrons. The van der Waals surface area contributed by atoms with Crippen molar-refractivity contribution in [3.63, 3.8) is 0 Å². The third-order valence-corrected chi connectivity index (χ3v) is 7.88. The molecule has 0 radical (unpaired) electrons. The van der Waals surface area contributed by atoms with Gasteiger partial charge in [0.05, 0.1) is 13.2 Å².